The lowest BCUT2D eigenvalue weighted by Crippen LogP contribution is -2.27. The van der Waals surface area contributed by atoms with Crippen LogP contribution in [0.1, 0.15) is 44.1 Å². The van der Waals surface area contributed by atoms with Crippen molar-refractivity contribution in [3.8, 4) is 0 Å². The minimum atomic E-state index is 0.0691. The maximum Gasteiger partial charge on any atom is 0.0933 e. The molecule has 0 saturated carbocycles. The summed E-state index contributed by atoms with van der Waals surface area (Å²) < 4.78 is 3.09. The predicted octanol–water partition coefficient (Wildman–Crippen LogP) is 3.54. The van der Waals surface area contributed by atoms with Gasteiger partial charge in [-0.3, -0.25) is 9.67 Å². The van der Waals surface area contributed by atoms with E-state index in [1.165, 1.54) is 0 Å². The Bertz CT molecular complexity index is 524. The number of rotatable bonds is 7. The lowest BCUT2D eigenvalue weighted by atomic mass is 10.1. The number of pyridine rings is 1. The second-order valence-electron chi connectivity index (χ2n) is 4.74. The summed E-state index contributed by atoms with van der Waals surface area (Å²) in [5.41, 5.74) is 2.18. The van der Waals surface area contributed by atoms with Gasteiger partial charge in [-0.2, -0.15) is 5.10 Å². The molecule has 2 heterocycles. The standard InChI is InChI=1S/C15H21BrN4/c1-3-8-18-14(13-7-5-6-9-17-13)15-12(16)11-19-20(15)10-4-2/h5-7,9,11,14,18H,3-4,8,10H2,1-2H3. The fourth-order valence-corrected chi connectivity index (χ4v) is 2.75. The molecule has 0 spiro atoms. The van der Waals surface area contributed by atoms with Gasteiger partial charge in [0.25, 0.3) is 0 Å². The highest BCUT2D eigenvalue weighted by molar-refractivity contribution is 9.10. The minimum absolute atomic E-state index is 0.0691. The van der Waals surface area contributed by atoms with Crippen molar-refractivity contribution in [2.45, 2.75) is 39.3 Å². The Morgan fingerprint density at radius 1 is 1.30 bits per heavy atom. The highest BCUT2D eigenvalue weighted by Crippen LogP contribution is 2.27. The van der Waals surface area contributed by atoms with Crippen molar-refractivity contribution >= 4 is 15.9 Å². The van der Waals surface area contributed by atoms with Crippen molar-refractivity contribution in [2.75, 3.05) is 6.54 Å². The van der Waals surface area contributed by atoms with Gasteiger partial charge in [0, 0.05) is 12.7 Å². The number of hydrogen-bond donors (Lipinski definition) is 1. The Labute approximate surface area is 128 Å². The second kappa shape index (κ2) is 7.55. The first-order valence-corrected chi connectivity index (χ1v) is 7.92. The van der Waals surface area contributed by atoms with Gasteiger partial charge >= 0.3 is 0 Å². The van der Waals surface area contributed by atoms with Crippen LogP contribution >= 0.6 is 15.9 Å². The Morgan fingerprint density at radius 3 is 2.80 bits per heavy atom. The van der Waals surface area contributed by atoms with E-state index in [4.69, 9.17) is 0 Å². The molecule has 5 heteroatoms. The van der Waals surface area contributed by atoms with Crippen LogP contribution in [0.15, 0.2) is 35.1 Å². The van der Waals surface area contributed by atoms with E-state index in [9.17, 15) is 0 Å². The van der Waals surface area contributed by atoms with Crippen molar-refractivity contribution in [2.24, 2.45) is 0 Å². The third-order valence-corrected chi connectivity index (χ3v) is 3.74. The molecule has 0 aliphatic rings. The normalized spacial score (nSPS) is 12.6. The molecular weight excluding hydrogens is 316 g/mol. The summed E-state index contributed by atoms with van der Waals surface area (Å²) in [4.78, 5) is 4.51. The largest absolute Gasteiger partial charge is 0.304 e. The van der Waals surface area contributed by atoms with E-state index in [1.807, 2.05) is 24.5 Å². The molecule has 0 aliphatic carbocycles. The van der Waals surface area contributed by atoms with Crippen molar-refractivity contribution in [1.82, 2.24) is 20.1 Å². The summed E-state index contributed by atoms with van der Waals surface area (Å²) >= 11 is 3.63. The maximum absolute atomic E-state index is 4.51. The summed E-state index contributed by atoms with van der Waals surface area (Å²) in [6, 6.07) is 6.10. The van der Waals surface area contributed by atoms with E-state index < -0.39 is 0 Å². The molecule has 108 valence electrons. The van der Waals surface area contributed by atoms with E-state index >= 15 is 0 Å². The molecule has 0 saturated heterocycles. The fourth-order valence-electron chi connectivity index (χ4n) is 2.23. The first-order valence-electron chi connectivity index (χ1n) is 7.13. The Kier molecular flexibility index (Phi) is 5.73. The Hall–Kier alpha value is -1.20. The smallest absolute Gasteiger partial charge is 0.0933 e. The van der Waals surface area contributed by atoms with Gasteiger partial charge in [0.05, 0.1) is 28.1 Å². The van der Waals surface area contributed by atoms with Crippen LogP contribution < -0.4 is 5.32 Å². The van der Waals surface area contributed by atoms with Gasteiger partial charge in [-0.25, -0.2) is 0 Å². The van der Waals surface area contributed by atoms with Gasteiger partial charge < -0.3 is 5.32 Å². The third-order valence-electron chi connectivity index (χ3n) is 3.12. The van der Waals surface area contributed by atoms with Crippen LogP contribution in [0.25, 0.3) is 0 Å². The molecular formula is C15H21BrN4. The SMILES string of the molecule is CCCNC(c1ccccn1)c1c(Br)cnn1CCC. The van der Waals surface area contributed by atoms with Gasteiger partial charge in [-0.1, -0.05) is 19.9 Å². The molecule has 0 fully saturated rings. The molecule has 1 N–H and O–H groups in total. The van der Waals surface area contributed by atoms with Crippen molar-refractivity contribution in [1.29, 1.82) is 0 Å². The molecule has 2 aromatic rings. The number of aryl methyl sites for hydroxylation is 1. The number of nitrogens with zero attached hydrogens (tertiary/aromatic N) is 3. The molecule has 4 nitrogen and oxygen atoms in total. The molecule has 0 amide bonds. The van der Waals surface area contributed by atoms with Gasteiger partial charge in [-0.05, 0) is 47.4 Å². The molecule has 1 atom stereocenters. The summed E-state index contributed by atoms with van der Waals surface area (Å²) in [7, 11) is 0. The zero-order valence-corrected chi connectivity index (χ0v) is 13.6. The van der Waals surface area contributed by atoms with Crippen LogP contribution in [0.4, 0.5) is 0 Å². The first kappa shape index (κ1) is 15.2. The topological polar surface area (TPSA) is 42.7 Å². The first-order chi connectivity index (χ1) is 9.77. The third kappa shape index (κ3) is 3.46. The quantitative estimate of drug-likeness (QED) is 0.840. The van der Waals surface area contributed by atoms with E-state index in [-0.39, 0.29) is 6.04 Å². The summed E-state index contributed by atoms with van der Waals surface area (Å²) in [6.45, 7) is 6.19. The molecule has 20 heavy (non-hydrogen) atoms. The summed E-state index contributed by atoms with van der Waals surface area (Å²) in [5, 5.41) is 8.04. The summed E-state index contributed by atoms with van der Waals surface area (Å²) in [5.74, 6) is 0. The Balaban J connectivity index is 2.38. The zero-order valence-electron chi connectivity index (χ0n) is 12.0. The molecule has 0 radical (unpaired) electrons. The monoisotopic (exact) mass is 336 g/mol. The number of halogens is 1. The average Bonchev–Trinajstić information content (AvgIpc) is 2.83. The van der Waals surface area contributed by atoms with Crippen LogP contribution in [0.2, 0.25) is 0 Å². The van der Waals surface area contributed by atoms with E-state index in [2.05, 4.69) is 55.9 Å². The second-order valence-corrected chi connectivity index (χ2v) is 5.60. The predicted molar refractivity (Wildman–Crippen MR) is 84.6 cm³/mol. The van der Waals surface area contributed by atoms with Crippen LogP contribution in [0, 0.1) is 0 Å². The number of hydrogen-bond acceptors (Lipinski definition) is 3. The zero-order chi connectivity index (χ0) is 14.4. The van der Waals surface area contributed by atoms with Crippen LogP contribution in [-0.4, -0.2) is 21.3 Å². The highest BCUT2D eigenvalue weighted by atomic mass is 79.9. The average molecular weight is 337 g/mol. The van der Waals surface area contributed by atoms with E-state index in [0.29, 0.717) is 0 Å². The lowest BCUT2D eigenvalue weighted by molar-refractivity contribution is 0.504. The minimum Gasteiger partial charge on any atom is -0.304 e. The van der Waals surface area contributed by atoms with E-state index in [1.54, 1.807) is 0 Å². The molecule has 0 bridgehead atoms. The lowest BCUT2D eigenvalue weighted by Gasteiger charge is -2.20. The van der Waals surface area contributed by atoms with Crippen LogP contribution in [-0.2, 0) is 6.54 Å². The van der Waals surface area contributed by atoms with Gasteiger partial charge in [0.2, 0.25) is 0 Å². The number of nitrogens with one attached hydrogen (secondary N) is 1. The van der Waals surface area contributed by atoms with Crippen molar-refractivity contribution < 1.29 is 0 Å². The highest BCUT2D eigenvalue weighted by Gasteiger charge is 2.22. The van der Waals surface area contributed by atoms with Gasteiger partial charge in [0.1, 0.15) is 0 Å². The number of aromatic nitrogens is 3. The molecule has 1 unspecified atom stereocenters. The molecule has 2 rings (SSSR count). The summed E-state index contributed by atoms with van der Waals surface area (Å²) in [6.07, 6.45) is 5.85. The fraction of sp³-hybridized carbons (Fsp3) is 0.467. The van der Waals surface area contributed by atoms with Gasteiger partial charge in [-0.15, -0.1) is 0 Å². The molecule has 0 aliphatic heterocycles. The maximum atomic E-state index is 4.51. The van der Waals surface area contributed by atoms with E-state index in [0.717, 1.165) is 41.8 Å². The van der Waals surface area contributed by atoms with Gasteiger partial charge in [0.15, 0.2) is 0 Å². The van der Waals surface area contributed by atoms with Crippen molar-refractivity contribution in [3.63, 3.8) is 0 Å². The van der Waals surface area contributed by atoms with Crippen LogP contribution in [0.3, 0.4) is 0 Å². The van der Waals surface area contributed by atoms with Crippen LogP contribution in [0.5, 0.6) is 0 Å². The molecule has 2 aromatic heterocycles. The van der Waals surface area contributed by atoms with Crippen molar-refractivity contribution in [3.05, 3.63) is 46.5 Å². The Morgan fingerprint density at radius 2 is 2.15 bits per heavy atom. The molecule has 0 aromatic carbocycles.